The number of imidazole rings is 1. The molecule has 158 valence electrons. The van der Waals surface area contributed by atoms with Crippen molar-refractivity contribution in [2.75, 3.05) is 36.5 Å². The van der Waals surface area contributed by atoms with Crippen LogP contribution in [0, 0.1) is 12.7 Å². The van der Waals surface area contributed by atoms with Crippen LogP contribution in [0.15, 0.2) is 42.7 Å². The average Bonchev–Trinajstić information content (AvgIpc) is 3.39. The number of aromatic nitrogens is 4. The van der Waals surface area contributed by atoms with Crippen LogP contribution in [0.1, 0.15) is 15.2 Å². The van der Waals surface area contributed by atoms with Crippen molar-refractivity contribution in [3.05, 3.63) is 59.0 Å². The Kier molecular flexibility index (Phi) is 5.08. The molecule has 8 nitrogen and oxygen atoms in total. The highest BCUT2D eigenvalue weighted by atomic mass is 32.1. The van der Waals surface area contributed by atoms with Crippen molar-refractivity contribution in [3.8, 4) is 11.3 Å². The van der Waals surface area contributed by atoms with Crippen LogP contribution in [0.5, 0.6) is 0 Å². The number of aryl methyl sites for hydroxylation is 1. The Morgan fingerprint density at radius 1 is 1.26 bits per heavy atom. The van der Waals surface area contributed by atoms with Gasteiger partial charge in [0.25, 0.3) is 5.91 Å². The third-order valence-corrected chi connectivity index (χ3v) is 5.78. The number of anilines is 2. The molecule has 1 aliphatic heterocycles. The Bertz CT molecular complexity index is 1260. The van der Waals surface area contributed by atoms with Gasteiger partial charge in [-0.15, -0.1) is 16.4 Å². The highest BCUT2D eigenvalue weighted by molar-refractivity contribution is 7.15. The molecule has 0 spiro atoms. The van der Waals surface area contributed by atoms with Gasteiger partial charge in [0.1, 0.15) is 5.82 Å². The topological polar surface area (TPSA) is 84.7 Å². The number of benzene rings is 1. The third kappa shape index (κ3) is 3.99. The van der Waals surface area contributed by atoms with Crippen LogP contribution in [-0.2, 0) is 4.74 Å². The highest BCUT2D eigenvalue weighted by Crippen LogP contribution is 2.25. The minimum Gasteiger partial charge on any atom is -0.378 e. The van der Waals surface area contributed by atoms with Gasteiger partial charge in [0.15, 0.2) is 16.6 Å². The van der Waals surface area contributed by atoms with E-state index < -0.39 is 0 Å². The van der Waals surface area contributed by atoms with Gasteiger partial charge in [0.05, 0.1) is 30.7 Å². The smallest absolute Gasteiger partial charge is 0.261 e. The summed E-state index contributed by atoms with van der Waals surface area (Å²) < 4.78 is 20.7. The fourth-order valence-corrected chi connectivity index (χ4v) is 4.10. The normalized spacial score (nSPS) is 14.2. The Hall–Kier alpha value is -3.37. The average molecular weight is 438 g/mol. The molecule has 1 aromatic carbocycles. The molecular weight excluding hydrogens is 419 g/mol. The number of carbonyl (C=O) groups excluding carboxylic acids is 1. The summed E-state index contributed by atoms with van der Waals surface area (Å²) in [5.41, 5.74) is 1.90. The van der Waals surface area contributed by atoms with Crippen LogP contribution in [-0.4, -0.2) is 51.8 Å². The predicted octanol–water partition coefficient (Wildman–Crippen LogP) is 3.39. The number of morpholine rings is 1. The van der Waals surface area contributed by atoms with Crippen LogP contribution < -0.4 is 10.2 Å². The molecule has 1 N–H and O–H groups in total. The first kappa shape index (κ1) is 19.6. The van der Waals surface area contributed by atoms with Crippen molar-refractivity contribution in [2.24, 2.45) is 0 Å². The maximum absolute atomic E-state index is 13.7. The Morgan fingerprint density at radius 2 is 2.10 bits per heavy atom. The first-order valence-electron chi connectivity index (χ1n) is 9.80. The highest BCUT2D eigenvalue weighted by Gasteiger charge is 2.21. The van der Waals surface area contributed by atoms with Gasteiger partial charge >= 0.3 is 0 Å². The minimum atomic E-state index is -0.353. The lowest BCUT2D eigenvalue weighted by Crippen LogP contribution is -2.37. The summed E-state index contributed by atoms with van der Waals surface area (Å²) in [5, 5.41) is 8.02. The molecule has 1 fully saturated rings. The molecular formula is C21H19FN6O2S. The summed E-state index contributed by atoms with van der Waals surface area (Å²) in [6.07, 6.45) is 3.41. The lowest BCUT2D eigenvalue weighted by atomic mass is 10.2. The van der Waals surface area contributed by atoms with Crippen LogP contribution in [0.4, 0.5) is 15.3 Å². The maximum Gasteiger partial charge on any atom is 0.261 e. The van der Waals surface area contributed by atoms with Crippen molar-refractivity contribution in [2.45, 2.75) is 6.92 Å². The number of rotatable bonds is 4. The number of hydrogen-bond acceptors (Lipinski definition) is 7. The number of fused-ring (bicyclic) bond motifs is 1. The summed E-state index contributed by atoms with van der Waals surface area (Å²) >= 11 is 1.40. The molecule has 1 saturated heterocycles. The van der Waals surface area contributed by atoms with E-state index in [0.29, 0.717) is 59.7 Å². The molecule has 0 aliphatic carbocycles. The monoisotopic (exact) mass is 438 g/mol. The lowest BCUT2D eigenvalue weighted by molar-refractivity contribution is 0.102. The second kappa shape index (κ2) is 8.05. The van der Waals surface area contributed by atoms with Gasteiger partial charge in [0.2, 0.25) is 0 Å². The van der Waals surface area contributed by atoms with E-state index in [0.717, 1.165) is 4.88 Å². The maximum atomic E-state index is 13.7. The number of ether oxygens (including phenoxy) is 1. The van der Waals surface area contributed by atoms with E-state index in [1.165, 1.54) is 23.5 Å². The number of amides is 1. The Labute approximate surface area is 181 Å². The fourth-order valence-electron chi connectivity index (χ4n) is 3.44. The van der Waals surface area contributed by atoms with E-state index in [4.69, 9.17) is 4.74 Å². The van der Waals surface area contributed by atoms with Gasteiger partial charge in [-0.1, -0.05) is 12.1 Å². The van der Waals surface area contributed by atoms with Crippen molar-refractivity contribution >= 4 is 33.8 Å². The van der Waals surface area contributed by atoms with Gasteiger partial charge < -0.3 is 9.64 Å². The lowest BCUT2D eigenvalue weighted by Gasteiger charge is -2.27. The quantitative estimate of drug-likeness (QED) is 0.526. The molecule has 31 heavy (non-hydrogen) atoms. The number of nitrogens with zero attached hydrogens (tertiary/aromatic N) is 5. The van der Waals surface area contributed by atoms with Crippen molar-refractivity contribution in [1.29, 1.82) is 0 Å². The standard InChI is InChI=1S/C21H19FN6O2S/c1-13-11-23-21(31-13)25-20(29)16-10-18(27-5-7-30-8-6-27)26-28-12-17(24-19(16)28)14-3-2-4-15(22)9-14/h2-4,9-12H,5-8H2,1H3,(H,23,25,29). The van der Waals surface area contributed by atoms with Gasteiger partial charge in [-0.3, -0.25) is 10.1 Å². The van der Waals surface area contributed by atoms with Gasteiger partial charge in [-0.25, -0.2) is 18.9 Å². The van der Waals surface area contributed by atoms with Crippen LogP contribution in [0.25, 0.3) is 16.9 Å². The van der Waals surface area contributed by atoms with E-state index in [9.17, 15) is 9.18 Å². The number of carbonyl (C=O) groups is 1. The molecule has 4 heterocycles. The van der Waals surface area contributed by atoms with E-state index >= 15 is 0 Å². The number of nitrogens with one attached hydrogen (secondary N) is 1. The molecule has 0 saturated carbocycles. The second-order valence-electron chi connectivity index (χ2n) is 7.15. The molecule has 5 rings (SSSR count). The van der Waals surface area contributed by atoms with Gasteiger partial charge in [-0.05, 0) is 25.1 Å². The van der Waals surface area contributed by atoms with E-state index in [-0.39, 0.29) is 11.7 Å². The molecule has 0 atom stereocenters. The molecule has 1 amide bonds. The van der Waals surface area contributed by atoms with Gasteiger partial charge in [-0.2, -0.15) is 0 Å². The fraction of sp³-hybridized carbons (Fsp3) is 0.238. The number of hydrogen-bond donors (Lipinski definition) is 1. The molecule has 3 aromatic heterocycles. The molecule has 10 heteroatoms. The Morgan fingerprint density at radius 3 is 2.84 bits per heavy atom. The first-order valence-corrected chi connectivity index (χ1v) is 10.6. The van der Waals surface area contributed by atoms with Crippen molar-refractivity contribution in [3.63, 3.8) is 0 Å². The summed E-state index contributed by atoms with van der Waals surface area (Å²) in [5.74, 6) is -0.0271. The SMILES string of the molecule is Cc1cnc(NC(=O)c2cc(N3CCOCC3)nn3cc(-c4cccc(F)c4)nc23)s1. The van der Waals surface area contributed by atoms with Crippen LogP contribution >= 0.6 is 11.3 Å². The van der Waals surface area contributed by atoms with Crippen molar-refractivity contribution < 1.29 is 13.9 Å². The zero-order valence-electron chi connectivity index (χ0n) is 16.7. The zero-order valence-corrected chi connectivity index (χ0v) is 17.5. The van der Waals surface area contributed by atoms with E-state index in [1.54, 1.807) is 35.1 Å². The summed E-state index contributed by atoms with van der Waals surface area (Å²) in [6.45, 7) is 4.47. The van der Waals surface area contributed by atoms with Crippen LogP contribution in [0.2, 0.25) is 0 Å². The third-order valence-electron chi connectivity index (χ3n) is 4.95. The molecule has 4 aromatic rings. The van der Waals surface area contributed by atoms with Crippen LogP contribution in [0.3, 0.4) is 0 Å². The first-order chi connectivity index (χ1) is 15.1. The summed E-state index contributed by atoms with van der Waals surface area (Å²) in [7, 11) is 0. The Balaban J connectivity index is 1.60. The van der Waals surface area contributed by atoms with E-state index in [2.05, 4.69) is 25.3 Å². The van der Waals surface area contributed by atoms with E-state index in [1.807, 2.05) is 6.92 Å². The second-order valence-corrected chi connectivity index (χ2v) is 8.39. The molecule has 0 bridgehead atoms. The molecule has 0 radical (unpaired) electrons. The zero-order chi connectivity index (χ0) is 21.4. The predicted molar refractivity (Wildman–Crippen MR) is 116 cm³/mol. The molecule has 1 aliphatic rings. The summed E-state index contributed by atoms with van der Waals surface area (Å²) in [6, 6.07) is 7.91. The molecule has 0 unspecified atom stereocenters. The summed E-state index contributed by atoms with van der Waals surface area (Å²) in [4.78, 5) is 25.0. The largest absolute Gasteiger partial charge is 0.378 e. The number of thiazole rings is 1. The van der Waals surface area contributed by atoms with Crippen molar-refractivity contribution in [1.82, 2.24) is 19.6 Å². The number of halogens is 1. The van der Waals surface area contributed by atoms with Gasteiger partial charge in [0, 0.05) is 29.7 Å². The minimum absolute atomic E-state index is 0.326.